The number of nitrogens with one attached hydrogen (secondary N) is 1. The fourth-order valence-electron chi connectivity index (χ4n) is 4.11. The Hall–Kier alpha value is -3.84. The molecule has 0 spiro atoms. The summed E-state index contributed by atoms with van der Waals surface area (Å²) in [6.45, 7) is 2.17. The van der Waals surface area contributed by atoms with E-state index < -0.39 is 0 Å². The Morgan fingerprint density at radius 3 is 1.94 bits per heavy atom. The maximum absolute atomic E-state index is 13.0. The van der Waals surface area contributed by atoms with Crippen LogP contribution in [0.2, 0.25) is 0 Å². The third-order valence-electron chi connectivity index (χ3n) is 5.83. The zero-order valence-electron chi connectivity index (χ0n) is 18.1. The van der Waals surface area contributed by atoms with Crippen LogP contribution < -0.4 is 10.2 Å². The van der Waals surface area contributed by atoms with Gasteiger partial charge in [-0.05, 0) is 54.2 Å². The number of benzene rings is 3. The summed E-state index contributed by atoms with van der Waals surface area (Å²) in [5.74, 6) is -0.384. The quantitative estimate of drug-likeness (QED) is 0.423. The molecule has 3 aromatic carbocycles. The highest BCUT2D eigenvalue weighted by Gasteiger charge is 2.19. The molecule has 32 heavy (non-hydrogen) atoms. The van der Waals surface area contributed by atoms with Gasteiger partial charge in [0.15, 0.2) is 0 Å². The van der Waals surface area contributed by atoms with Gasteiger partial charge in [0, 0.05) is 18.8 Å². The third kappa shape index (κ3) is 5.25. The minimum Gasteiger partial charge on any atom is -0.372 e. The highest BCUT2D eigenvalue weighted by molar-refractivity contribution is 6.02. The average molecular weight is 422 g/mol. The van der Waals surface area contributed by atoms with E-state index >= 15 is 0 Å². The lowest BCUT2D eigenvalue weighted by molar-refractivity contribution is -0.117. The fraction of sp³-hybridized carbons (Fsp3) is 0.214. The minimum absolute atomic E-state index is 0.0904. The lowest BCUT2D eigenvalue weighted by Gasteiger charge is -2.28. The van der Waals surface area contributed by atoms with Crippen LogP contribution in [-0.4, -0.2) is 19.0 Å². The lowest BCUT2D eigenvalue weighted by atomic mass is 9.98. The predicted octanol–water partition coefficient (Wildman–Crippen LogP) is 5.49. The number of carbonyl (C=O) groups is 1. The number of piperidine rings is 1. The summed E-state index contributed by atoms with van der Waals surface area (Å²) in [5.41, 5.74) is 4.06. The van der Waals surface area contributed by atoms with Gasteiger partial charge in [0.2, 0.25) is 0 Å². The molecule has 1 N–H and O–H groups in total. The van der Waals surface area contributed by atoms with Crippen LogP contribution >= 0.6 is 0 Å². The van der Waals surface area contributed by atoms with E-state index in [-0.39, 0.29) is 17.5 Å². The van der Waals surface area contributed by atoms with Crippen LogP contribution in [0.15, 0.2) is 90.5 Å². The molecular formula is C28H27N3O. The van der Waals surface area contributed by atoms with E-state index in [1.54, 1.807) is 6.08 Å². The first kappa shape index (κ1) is 21.4. The summed E-state index contributed by atoms with van der Waals surface area (Å²) in [4.78, 5) is 15.4. The summed E-state index contributed by atoms with van der Waals surface area (Å²) < 4.78 is 0. The van der Waals surface area contributed by atoms with Gasteiger partial charge in [-0.3, -0.25) is 4.79 Å². The van der Waals surface area contributed by atoms with Crippen molar-refractivity contribution in [3.63, 3.8) is 0 Å². The van der Waals surface area contributed by atoms with Gasteiger partial charge in [0.25, 0.3) is 5.91 Å². The molecule has 4 nitrogen and oxygen atoms in total. The molecule has 4 rings (SSSR count). The molecule has 1 heterocycles. The van der Waals surface area contributed by atoms with Crippen LogP contribution in [0.1, 0.15) is 42.0 Å². The zero-order valence-corrected chi connectivity index (χ0v) is 18.1. The predicted molar refractivity (Wildman–Crippen MR) is 129 cm³/mol. The smallest absolute Gasteiger partial charge is 0.262 e. The van der Waals surface area contributed by atoms with E-state index in [4.69, 9.17) is 0 Å². The zero-order chi connectivity index (χ0) is 22.2. The average Bonchev–Trinajstić information content (AvgIpc) is 2.87. The van der Waals surface area contributed by atoms with E-state index in [1.165, 1.54) is 24.9 Å². The number of hydrogen-bond donors (Lipinski definition) is 1. The summed E-state index contributed by atoms with van der Waals surface area (Å²) in [7, 11) is 0. The second-order valence-corrected chi connectivity index (χ2v) is 8.04. The van der Waals surface area contributed by atoms with Gasteiger partial charge in [-0.2, -0.15) is 5.26 Å². The molecule has 1 fully saturated rings. The van der Waals surface area contributed by atoms with E-state index in [1.807, 2.05) is 72.8 Å². The van der Waals surface area contributed by atoms with Crippen molar-refractivity contribution in [1.29, 1.82) is 5.26 Å². The fourth-order valence-corrected chi connectivity index (χ4v) is 4.11. The molecule has 0 radical (unpaired) electrons. The first-order chi connectivity index (χ1) is 15.7. The maximum atomic E-state index is 13.0. The third-order valence-corrected chi connectivity index (χ3v) is 5.83. The highest BCUT2D eigenvalue weighted by atomic mass is 16.1. The summed E-state index contributed by atoms with van der Waals surface area (Å²) in [5, 5.41) is 12.7. The van der Waals surface area contributed by atoms with Crippen molar-refractivity contribution in [3.8, 4) is 6.07 Å². The van der Waals surface area contributed by atoms with E-state index in [2.05, 4.69) is 28.4 Å². The van der Waals surface area contributed by atoms with E-state index in [0.29, 0.717) is 0 Å². The van der Waals surface area contributed by atoms with Crippen molar-refractivity contribution in [2.45, 2.75) is 25.3 Å². The molecule has 0 saturated carbocycles. The second-order valence-electron chi connectivity index (χ2n) is 8.04. The largest absolute Gasteiger partial charge is 0.372 e. The van der Waals surface area contributed by atoms with Crippen LogP contribution in [0.5, 0.6) is 0 Å². The van der Waals surface area contributed by atoms with Crippen LogP contribution in [0.25, 0.3) is 6.08 Å². The van der Waals surface area contributed by atoms with Crippen molar-refractivity contribution < 1.29 is 4.79 Å². The van der Waals surface area contributed by atoms with Gasteiger partial charge in [-0.15, -0.1) is 0 Å². The lowest BCUT2D eigenvalue weighted by Crippen LogP contribution is -2.30. The number of amides is 1. The van der Waals surface area contributed by atoms with Gasteiger partial charge < -0.3 is 10.2 Å². The Balaban J connectivity index is 1.53. The molecule has 4 heteroatoms. The Kier molecular flexibility index (Phi) is 6.99. The summed E-state index contributed by atoms with van der Waals surface area (Å²) >= 11 is 0. The number of carbonyl (C=O) groups excluding carboxylic acids is 1. The van der Waals surface area contributed by atoms with Crippen molar-refractivity contribution in [2.24, 2.45) is 0 Å². The molecule has 0 atom stereocenters. The molecule has 1 aliphatic rings. The van der Waals surface area contributed by atoms with Crippen molar-refractivity contribution >= 4 is 17.7 Å². The molecule has 1 aliphatic heterocycles. The van der Waals surface area contributed by atoms with Gasteiger partial charge in [-0.1, -0.05) is 72.8 Å². The highest BCUT2D eigenvalue weighted by Crippen LogP contribution is 2.23. The van der Waals surface area contributed by atoms with E-state index in [0.717, 1.165) is 29.8 Å². The van der Waals surface area contributed by atoms with Crippen LogP contribution in [-0.2, 0) is 4.79 Å². The number of nitriles is 1. The second kappa shape index (κ2) is 10.5. The first-order valence-electron chi connectivity index (χ1n) is 11.1. The Morgan fingerprint density at radius 1 is 0.844 bits per heavy atom. The topological polar surface area (TPSA) is 56.1 Å². The van der Waals surface area contributed by atoms with Crippen molar-refractivity contribution in [3.05, 3.63) is 107 Å². The Labute approximate surface area is 189 Å². The van der Waals surface area contributed by atoms with Gasteiger partial charge in [0.05, 0.1) is 6.04 Å². The normalized spacial score (nSPS) is 14.1. The minimum atomic E-state index is -0.384. The summed E-state index contributed by atoms with van der Waals surface area (Å²) in [6, 6.07) is 29.4. The molecular weight excluding hydrogens is 394 g/mol. The van der Waals surface area contributed by atoms with Crippen LogP contribution in [0, 0.1) is 11.3 Å². The van der Waals surface area contributed by atoms with Crippen molar-refractivity contribution in [1.82, 2.24) is 5.32 Å². The molecule has 0 bridgehead atoms. The molecule has 0 unspecified atom stereocenters. The molecule has 0 aliphatic carbocycles. The maximum Gasteiger partial charge on any atom is 0.262 e. The monoisotopic (exact) mass is 421 g/mol. The number of rotatable bonds is 6. The van der Waals surface area contributed by atoms with Gasteiger partial charge >= 0.3 is 0 Å². The number of hydrogen-bond acceptors (Lipinski definition) is 3. The molecule has 160 valence electrons. The Morgan fingerprint density at radius 2 is 1.41 bits per heavy atom. The van der Waals surface area contributed by atoms with Gasteiger partial charge in [-0.25, -0.2) is 0 Å². The molecule has 0 aromatic heterocycles. The van der Waals surface area contributed by atoms with Gasteiger partial charge in [0.1, 0.15) is 11.6 Å². The summed E-state index contributed by atoms with van der Waals surface area (Å²) in [6.07, 6.45) is 5.40. The van der Waals surface area contributed by atoms with E-state index in [9.17, 15) is 10.1 Å². The SMILES string of the molecule is N#CC(=Cc1ccc(N2CCCCC2)cc1)C(=O)NC(c1ccccc1)c1ccccc1. The molecule has 1 amide bonds. The number of nitrogens with zero attached hydrogens (tertiary/aromatic N) is 2. The molecule has 1 saturated heterocycles. The standard InChI is InChI=1S/C28H27N3O/c29-21-25(20-22-14-16-26(17-15-22)31-18-8-3-9-19-31)28(32)30-27(23-10-4-1-5-11-23)24-12-6-2-7-13-24/h1-2,4-7,10-17,20,27H,3,8-9,18-19H2,(H,30,32). The van der Waals surface area contributed by atoms with Crippen LogP contribution in [0.4, 0.5) is 5.69 Å². The van der Waals surface area contributed by atoms with Crippen LogP contribution in [0.3, 0.4) is 0 Å². The van der Waals surface area contributed by atoms with Crippen molar-refractivity contribution in [2.75, 3.05) is 18.0 Å². The number of anilines is 1. The first-order valence-corrected chi connectivity index (χ1v) is 11.1. The molecule has 3 aromatic rings. The Bertz CT molecular complexity index is 1050.